The number of ketones is 1. The molecule has 0 aliphatic rings. The summed E-state index contributed by atoms with van der Waals surface area (Å²) in [6, 6.07) is 22.9. The molecule has 0 radical (unpaired) electrons. The summed E-state index contributed by atoms with van der Waals surface area (Å²) in [7, 11) is 3.70. The van der Waals surface area contributed by atoms with Gasteiger partial charge in [0.15, 0.2) is 5.78 Å². The molecule has 5 heteroatoms. The Morgan fingerprint density at radius 1 is 0.867 bits per heavy atom. The van der Waals surface area contributed by atoms with Crippen LogP contribution in [0.4, 0.5) is 0 Å². The summed E-state index contributed by atoms with van der Waals surface area (Å²) in [5.74, 6) is 0.708. The van der Waals surface area contributed by atoms with E-state index >= 15 is 0 Å². The van der Waals surface area contributed by atoms with Crippen LogP contribution >= 0.6 is 11.6 Å². The molecule has 3 rings (SSSR count). The maximum absolute atomic E-state index is 12.7. The molecule has 3 aromatic rings. The number of rotatable bonds is 9. The van der Waals surface area contributed by atoms with E-state index in [4.69, 9.17) is 21.1 Å². The largest absolute Gasteiger partial charge is 0.488 e. The Morgan fingerprint density at radius 2 is 1.40 bits per heavy atom. The van der Waals surface area contributed by atoms with Crippen molar-refractivity contribution in [2.75, 3.05) is 14.1 Å². The Kier molecular flexibility index (Phi) is 7.52. The van der Waals surface area contributed by atoms with Gasteiger partial charge in [0.05, 0.1) is 10.6 Å². The van der Waals surface area contributed by atoms with Crippen LogP contribution in [0.1, 0.15) is 21.5 Å². The number of nitrogens with zero attached hydrogens (tertiary/aromatic N) is 1. The Hall–Kier alpha value is -3.24. The van der Waals surface area contributed by atoms with Crippen LogP contribution in [0.5, 0.6) is 11.5 Å². The van der Waals surface area contributed by atoms with Gasteiger partial charge in [0.1, 0.15) is 24.7 Å². The Morgan fingerprint density at radius 3 is 1.93 bits per heavy atom. The van der Waals surface area contributed by atoms with Crippen molar-refractivity contribution in [3.8, 4) is 11.5 Å². The van der Waals surface area contributed by atoms with E-state index in [1.807, 2.05) is 74.8 Å². The van der Waals surface area contributed by atoms with Gasteiger partial charge in [0.25, 0.3) is 0 Å². The molecule has 0 saturated heterocycles. The first kappa shape index (κ1) is 21.5. The SMILES string of the molecule is CN(C)/C=C/C(=O)c1cc(Cl)c(OCc2ccccc2)cc1OCc1ccccc1. The van der Waals surface area contributed by atoms with Crippen LogP contribution in [-0.2, 0) is 13.2 Å². The van der Waals surface area contributed by atoms with Crippen LogP contribution in [0, 0.1) is 0 Å². The summed E-state index contributed by atoms with van der Waals surface area (Å²) in [6.45, 7) is 0.699. The summed E-state index contributed by atoms with van der Waals surface area (Å²) in [6.07, 6.45) is 3.18. The molecule has 0 heterocycles. The maximum Gasteiger partial charge on any atom is 0.191 e. The fourth-order valence-corrected chi connectivity index (χ4v) is 2.95. The van der Waals surface area contributed by atoms with Gasteiger partial charge in [-0.3, -0.25) is 4.79 Å². The lowest BCUT2D eigenvalue weighted by molar-refractivity contribution is 0.104. The lowest BCUT2D eigenvalue weighted by Gasteiger charge is -2.15. The van der Waals surface area contributed by atoms with Crippen molar-refractivity contribution in [2.45, 2.75) is 13.2 Å². The second-order valence-corrected chi connectivity index (χ2v) is 7.38. The van der Waals surface area contributed by atoms with Crippen LogP contribution in [-0.4, -0.2) is 24.8 Å². The van der Waals surface area contributed by atoms with Crippen LogP contribution in [0.2, 0.25) is 5.02 Å². The highest BCUT2D eigenvalue weighted by atomic mass is 35.5. The van der Waals surface area contributed by atoms with Gasteiger partial charge in [-0.05, 0) is 17.2 Å². The molecule has 0 aliphatic heterocycles. The third-order valence-electron chi connectivity index (χ3n) is 4.30. The monoisotopic (exact) mass is 421 g/mol. The van der Waals surface area contributed by atoms with Crippen LogP contribution in [0.15, 0.2) is 85.1 Å². The van der Waals surface area contributed by atoms with Gasteiger partial charge < -0.3 is 14.4 Å². The zero-order valence-corrected chi connectivity index (χ0v) is 17.8. The molecule has 0 amide bonds. The van der Waals surface area contributed by atoms with E-state index in [-0.39, 0.29) is 5.78 Å². The van der Waals surface area contributed by atoms with E-state index in [9.17, 15) is 4.79 Å². The van der Waals surface area contributed by atoms with Gasteiger partial charge in [-0.15, -0.1) is 0 Å². The van der Waals surface area contributed by atoms with Gasteiger partial charge in [0, 0.05) is 32.4 Å². The minimum absolute atomic E-state index is 0.191. The van der Waals surface area contributed by atoms with Crippen LogP contribution in [0.25, 0.3) is 0 Å². The number of benzene rings is 3. The van der Waals surface area contributed by atoms with E-state index in [0.29, 0.717) is 35.3 Å². The van der Waals surface area contributed by atoms with Crippen molar-refractivity contribution in [1.29, 1.82) is 0 Å². The number of hydrogen-bond donors (Lipinski definition) is 0. The average molecular weight is 422 g/mol. The molecular formula is C25H24ClNO3. The van der Waals surface area contributed by atoms with Crippen LogP contribution < -0.4 is 9.47 Å². The molecule has 4 nitrogen and oxygen atoms in total. The van der Waals surface area contributed by atoms with Crippen molar-refractivity contribution >= 4 is 17.4 Å². The van der Waals surface area contributed by atoms with Crippen molar-refractivity contribution < 1.29 is 14.3 Å². The fourth-order valence-electron chi connectivity index (χ4n) is 2.73. The molecule has 0 aromatic heterocycles. The van der Waals surface area contributed by atoms with Gasteiger partial charge in [0.2, 0.25) is 0 Å². The Bertz CT molecular complexity index is 1000. The first-order valence-corrected chi connectivity index (χ1v) is 9.96. The van der Waals surface area contributed by atoms with E-state index < -0.39 is 0 Å². The molecule has 0 unspecified atom stereocenters. The zero-order valence-electron chi connectivity index (χ0n) is 17.0. The second kappa shape index (κ2) is 10.5. The van der Waals surface area contributed by atoms with Gasteiger partial charge in [-0.2, -0.15) is 0 Å². The maximum atomic E-state index is 12.7. The minimum Gasteiger partial charge on any atom is -0.488 e. The summed E-state index contributed by atoms with van der Waals surface area (Å²) in [5, 5.41) is 0.361. The Labute approximate surface area is 182 Å². The molecular weight excluding hydrogens is 398 g/mol. The number of carbonyl (C=O) groups is 1. The second-order valence-electron chi connectivity index (χ2n) is 6.97. The molecule has 0 atom stereocenters. The van der Waals surface area contributed by atoms with Gasteiger partial charge >= 0.3 is 0 Å². The summed E-state index contributed by atoms with van der Waals surface area (Å²) in [4.78, 5) is 14.5. The minimum atomic E-state index is -0.191. The zero-order chi connectivity index (χ0) is 21.3. The normalized spacial score (nSPS) is 10.8. The number of carbonyl (C=O) groups excluding carboxylic acids is 1. The lowest BCUT2D eigenvalue weighted by Crippen LogP contribution is -2.06. The first-order chi connectivity index (χ1) is 14.5. The summed E-state index contributed by atoms with van der Waals surface area (Å²) in [5.41, 5.74) is 2.41. The topological polar surface area (TPSA) is 38.8 Å². The molecule has 154 valence electrons. The lowest BCUT2D eigenvalue weighted by atomic mass is 10.1. The van der Waals surface area contributed by atoms with Gasteiger partial charge in [-0.25, -0.2) is 0 Å². The van der Waals surface area contributed by atoms with E-state index in [1.54, 1.807) is 23.2 Å². The van der Waals surface area contributed by atoms with Crippen molar-refractivity contribution in [1.82, 2.24) is 4.90 Å². The predicted octanol–water partition coefficient (Wildman–Crippen LogP) is 5.76. The molecule has 0 saturated carbocycles. The number of ether oxygens (including phenoxy) is 2. The number of allylic oxidation sites excluding steroid dienone is 1. The highest BCUT2D eigenvalue weighted by molar-refractivity contribution is 6.32. The highest BCUT2D eigenvalue weighted by Gasteiger charge is 2.16. The van der Waals surface area contributed by atoms with E-state index in [0.717, 1.165) is 11.1 Å². The van der Waals surface area contributed by atoms with Crippen molar-refractivity contribution in [2.24, 2.45) is 0 Å². The fraction of sp³-hybridized carbons (Fsp3) is 0.160. The average Bonchev–Trinajstić information content (AvgIpc) is 2.77. The quantitative estimate of drug-likeness (QED) is 0.325. The Balaban J connectivity index is 1.86. The standard InChI is InChI=1S/C25H24ClNO3/c1-27(2)14-13-23(28)21-15-22(26)25(30-18-20-11-7-4-8-12-20)16-24(21)29-17-19-9-5-3-6-10-19/h3-16H,17-18H2,1-2H3/b14-13+. The molecule has 0 N–H and O–H groups in total. The molecule has 0 spiro atoms. The predicted molar refractivity (Wildman–Crippen MR) is 120 cm³/mol. The third kappa shape index (κ3) is 6.13. The molecule has 0 aliphatic carbocycles. The van der Waals surface area contributed by atoms with Gasteiger partial charge in [-0.1, -0.05) is 72.3 Å². The smallest absolute Gasteiger partial charge is 0.191 e. The number of halogens is 1. The molecule has 30 heavy (non-hydrogen) atoms. The molecule has 0 bridgehead atoms. The van der Waals surface area contributed by atoms with E-state index in [2.05, 4.69) is 0 Å². The summed E-state index contributed by atoms with van der Waals surface area (Å²) >= 11 is 6.42. The van der Waals surface area contributed by atoms with Crippen molar-refractivity contribution in [3.05, 3.63) is 107 Å². The van der Waals surface area contributed by atoms with Crippen molar-refractivity contribution in [3.63, 3.8) is 0 Å². The van der Waals surface area contributed by atoms with Crippen LogP contribution in [0.3, 0.4) is 0 Å². The third-order valence-corrected chi connectivity index (χ3v) is 4.59. The summed E-state index contributed by atoms with van der Waals surface area (Å²) < 4.78 is 11.9. The first-order valence-electron chi connectivity index (χ1n) is 9.59. The van der Waals surface area contributed by atoms with E-state index in [1.165, 1.54) is 6.08 Å². The molecule has 0 fully saturated rings. The number of hydrogen-bond acceptors (Lipinski definition) is 4. The highest BCUT2D eigenvalue weighted by Crippen LogP contribution is 2.34. The molecule has 3 aromatic carbocycles.